The molecule has 21 heavy (non-hydrogen) atoms. The monoisotopic (exact) mass is 285 g/mol. The smallest absolute Gasteiger partial charge is 0.363 e. The Morgan fingerprint density at radius 2 is 1.76 bits per heavy atom. The molecular formula is C16H9F2NO2. The molecule has 3 rings (SSSR count). The van der Waals surface area contributed by atoms with E-state index in [4.69, 9.17) is 4.74 Å². The maximum Gasteiger partial charge on any atom is 0.363 e. The molecule has 0 amide bonds. The van der Waals surface area contributed by atoms with Gasteiger partial charge in [0.2, 0.25) is 5.90 Å². The van der Waals surface area contributed by atoms with E-state index in [2.05, 4.69) is 4.99 Å². The third kappa shape index (κ3) is 2.86. The average Bonchev–Trinajstić information content (AvgIpc) is 2.83. The molecule has 1 aliphatic rings. The van der Waals surface area contributed by atoms with Crippen molar-refractivity contribution in [3.63, 3.8) is 0 Å². The van der Waals surface area contributed by atoms with Crippen LogP contribution in [-0.2, 0) is 9.53 Å². The van der Waals surface area contributed by atoms with Crippen LogP contribution in [0.5, 0.6) is 0 Å². The van der Waals surface area contributed by atoms with Crippen molar-refractivity contribution in [3.05, 3.63) is 77.0 Å². The van der Waals surface area contributed by atoms with Gasteiger partial charge < -0.3 is 4.74 Å². The van der Waals surface area contributed by atoms with Gasteiger partial charge in [0, 0.05) is 5.56 Å². The van der Waals surface area contributed by atoms with E-state index >= 15 is 0 Å². The van der Waals surface area contributed by atoms with E-state index in [1.807, 2.05) is 0 Å². The first-order valence-electron chi connectivity index (χ1n) is 6.16. The van der Waals surface area contributed by atoms with E-state index in [9.17, 15) is 13.6 Å². The number of benzene rings is 2. The molecule has 0 saturated carbocycles. The predicted octanol–water partition coefficient (Wildman–Crippen LogP) is 3.31. The number of hydrogen-bond acceptors (Lipinski definition) is 3. The van der Waals surface area contributed by atoms with Gasteiger partial charge in [-0.2, -0.15) is 0 Å². The minimum absolute atomic E-state index is 0.0489. The summed E-state index contributed by atoms with van der Waals surface area (Å²) in [6.07, 6.45) is 1.48. The zero-order chi connectivity index (χ0) is 14.8. The first-order valence-corrected chi connectivity index (χ1v) is 6.16. The Kier molecular flexibility index (Phi) is 3.31. The van der Waals surface area contributed by atoms with Crippen LogP contribution in [-0.4, -0.2) is 11.9 Å². The molecule has 0 atom stereocenters. The molecule has 1 heterocycles. The van der Waals surface area contributed by atoms with Crippen LogP contribution in [0.15, 0.2) is 59.2 Å². The van der Waals surface area contributed by atoms with Crippen LogP contribution in [0.25, 0.3) is 6.08 Å². The van der Waals surface area contributed by atoms with Gasteiger partial charge in [0.05, 0.1) is 0 Å². The highest BCUT2D eigenvalue weighted by Crippen LogP contribution is 2.19. The molecule has 0 N–H and O–H groups in total. The molecule has 0 aliphatic carbocycles. The minimum Gasteiger partial charge on any atom is -0.402 e. The van der Waals surface area contributed by atoms with Crippen LogP contribution in [0.1, 0.15) is 11.1 Å². The Bertz CT molecular complexity index is 764. The molecule has 104 valence electrons. The van der Waals surface area contributed by atoms with Gasteiger partial charge >= 0.3 is 5.97 Å². The number of carbonyl (C=O) groups is 1. The molecule has 0 fully saturated rings. The van der Waals surface area contributed by atoms with Crippen molar-refractivity contribution >= 4 is 17.9 Å². The second-order valence-electron chi connectivity index (χ2n) is 4.40. The maximum absolute atomic E-state index is 13.2. The number of aliphatic imine (C=N–C) groups is 1. The summed E-state index contributed by atoms with van der Waals surface area (Å²) in [6, 6.07) is 11.2. The van der Waals surface area contributed by atoms with Crippen LogP contribution < -0.4 is 0 Å². The lowest BCUT2D eigenvalue weighted by Gasteiger charge is -1.98. The fourth-order valence-electron chi connectivity index (χ4n) is 1.87. The van der Waals surface area contributed by atoms with Crippen LogP contribution in [0.4, 0.5) is 8.78 Å². The van der Waals surface area contributed by atoms with Crippen LogP contribution >= 0.6 is 0 Å². The molecule has 0 bridgehead atoms. The molecule has 0 aromatic heterocycles. The van der Waals surface area contributed by atoms with E-state index in [-0.39, 0.29) is 17.4 Å². The number of ether oxygens (including phenoxy) is 1. The highest BCUT2D eigenvalue weighted by Gasteiger charge is 2.24. The molecule has 0 unspecified atom stereocenters. The predicted molar refractivity (Wildman–Crippen MR) is 73.4 cm³/mol. The summed E-state index contributed by atoms with van der Waals surface area (Å²) in [7, 11) is 0. The van der Waals surface area contributed by atoms with Crippen LogP contribution in [0, 0.1) is 11.6 Å². The Hall–Kier alpha value is -2.82. The lowest BCUT2D eigenvalue weighted by Crippen LogP contribution is -2.05. The summed E-state index contributed by atoms with van der Waals surface area (Å²) in [5.74, 6) is -1.39. The zero-order valence-electron chi connectivity index (χ0n) is 10.7. The van der Waals surface area contributed by atoms with Gasteiger partial charge in [0.1, 0.15) is 11.6 Å². The van der Waals surface area contributed by atoms with Crippen LogP contribution in [0.3, 0.4) is 0 Å². The number of esters is 1. The van der Waals surface area contributed by atoms with Gasteiger partial charge in [-0.05, 0) is 42.0 Å². The Balaban J connectivity index is 1.93. The van der Waals surface area contributed by atoms with Crippen LogP contribution in [0.2, 0.25) is 0 Å². The molecule has 0 spiro atoms. The highest BCUT2D eigenvalue weighted by atomic mass is 19.1. The van der Waals surface area contributed by atoms with Crippen molar-refractivity contribution in [2.24, 2.45) is 4.99 Å². The topological polar surface area (TPSA) is 38.7 Å². The average molecular weight is 285 g/mol. The van der Waals surface area contributed by atoms with Crippen molar-refractivity contribution < 1.29 is 18.3 Å². The largest absolute Gasteiger partial charge is 0.402 e. The van der Waals surface area contributed by atoms with Crippen molar-refractivity contribution in [1.29, 1.82) is 0 Å². The summed E-state index contributed by atoms with van der Waals surface area (Å²) in [5, 5.41) is 0. The maximum atomic E-state index is 13.2. The van der Waals surface area contributed by atoms with Gasteiger partial charge in [0.25, 0.3) is 0 Å². The van der Waals surface area contributed by atoms with E-state index in [1.165, 1.54) is 48.5 Å². The van der Waals surface area contributed by atoms with E-state index < -0.39 is 11.8 Å². The van der Waals surface area contributed by atoms with Crippen molar-refractivity contribution in [1.82, 2.24) is 0 Å². The SMILES string of the molecule is O=C1OC(c2cccc(F)c2)=N/C1=C/c1ccc(F)cc1. The number of halogens is 2. The standard InChI is InChI=1S/C16H9F2NO2/c17-12-6-4-10(5-7-12)8-14-16(20)21-15(19-14)11-2-1-3-13(18)9-11/h1-9H/b14-8+. The lowest BCUT2D eigenvalue weighted by molar-refractivity contribution is -0.129. The normalized spacial score (nSPS) is 16.0. The van der Waals surface area contributed by atoms with E-state index in [1.54, 1.807) is 6.07 Å². The first-order chi connectivity index (χ1) is 10.1. The minimum atomic E-state index is -0.626. The molecule has 0 saturated heterocycles. The number of nitrogens with zero attached hydrogens (tertiary/aromatic N) is 1. The zero-order valence-corrected chi connectivity index (χ0v) is 10.7. The van der Waals surface area contributed by atoms with E-state index in [0.717, 1.165) is 0 Å². The molecule has 2 aromatic rings. The van der Waals surface area contributed by atoms with Gasteiger partial charge in [-0.1, -0.05) is 18.2 Å². The number of rotatable bonds is 2. The third-order valence-corrected chi connectivity index (χ3v) is 2.87. The Labute approximate surface area is 119 Å². The lowest BCUT2D eigenvalue weighted by atomic mass is 10.2. The molecule has 0 radical (unpaired) electrons. The molecular weight excluding hydrogens is 276 g/mol. The second kappa shape index (κ2) is 5.28. The van der Waals surface area contributed by atoms with Gasteiger partial charge in [0.15, 0.2) is 5.70 Å². The van der Waals surface area contributed by atoms with Crippen molar-refractivity contribution in [2.45, 2.75) is 0 Å². The highest BCUT2D eigenvalue weighted by molar-refractivity contribution is 6.12. The number of carbonyl (C=O) groups excluding carboxylic acids is 1. The first kappa shape index (κ1) is 13.2. The van der Waals surface area contributed by atoms with Gasteiger partial charge in [-0.15, -0.1) is 0 Å². The molecule has 3 nitrogen and oxygen atoms in total. The second-order valence-corrected chi connectivity index (χ2v) is 4.40. The Morgan fingerprint density at radius 1 is 1.00 bits per heavy atom. The van der Waals surface area contributed by atoms with Crippen molar-refractivity contribution in [3.8, 4) is 0 Å². The van der Waals surface area contributed by atoms with Gasteiger partial charge in [-0.25, -0.2) is 18.6 Å². The van der Waals surface area contributed by atoms with Gasteiger partial charge in [-0.3, -0.25) is 0 Å². The Morgan fingerprint density at radius 3 is 2.48 bits per heavy atom. The summed E-state index contributed by atoms with van der Waals surface area (Å²) >= 11 is 0. The molecule has 1 aliphatic heterocycles. The molecule has 2 aromatic carbocycles. The summed E-state index contributed by atoms with van der Waals surface area (Å²) in [4.78, 5) is 15.8. The summed E-state index contributed by atoms with van der Waals surface area (Å²) in [6.45, 7) is 0. The third-order valence-electron chi connectivity index (χ3n) is 2.87. The summed E-state index contributed by atoms with van der Waals surface area (Å²) < 4.78 is 31.0. The van der Waals surface area contributed by atoms with E-state index in [0.29, 0.717) is 11.1 Å². The van der Waals surface area contributed by atoms with Crippen molar-refractivity contribution in [2.75, 3.05) is 0 Å². The fraction of sp³-hybridized carbons (Fsp3) is 0. The quantitative estimate of drug-likeness (QED) is 0.627. The molecule has 5 heteroatoms. The fourth-order valence-corrected chi connectivity index (χ4v) is 1.87. The summed E-state index contributed by atoms with van der Waals surface area (Å²) in [5.41, 5.74) is 1.08. The number of hydrogen-bond donors (Lipinski definition) is 0. The number of cyclic esters (lactones) is 1.